The van der Waals surface area contributed by atoms with Gasteiger partial charge in [0.15, 0.2) is 0 Å². The highest BCUT2D eigenvalue weighted by molar-refractivity contribution is 7.92. The van der Waals surface area contributed by atoms with E-state index in [9.17, 15) is 12.8 Å². The van der Waals surface area contributed by atoms with Gasteiger partial charge in [-0.3, -0.25) is 4.72 Å². The summed E-state index contributed by atoms with van der Waals surface area (Å²) in [6.07, 6.45) is 1.82. The van der Waals surface area contributed by atoms with Crippen molar-refractivity contribution in [1.82, 2.24) is 9.97 Å². The van der Waals surface area contributed by atoms with E-state index < -0.39 is 15.8 Å². The zero-order chi connectivity index (χ0) is 24.6. The van der Waals surface area contributed by atoms with Crippen molar-refractivity contribution < 1.29 is 17.5 Å². The van der Waals surface area contributed by atoms with Crippen LogP contribution in [0.3, 0.4) is 0 Å². The number of thiazole rings is 1. The largest absolute Gasteiger partial charge is 0.495 e. The Bertz CT molecular complexity index is 1650. The van der Waals surface area contributed by atoms with Gasteiger partial charge in [-0.15, -0.1) is 0 Å². The lowest BCUT2D eigenvalue weighted by molar-refractivity contribution is 0.401. The molecule has 5 rings (SSSR count). The molecule has 0 saturated carbocycles. The molecule has 0 amide bonds. The molecular weight excluding hydrogens is 485 g/mol. The van der Waals surface area contributed by atoms with Crippen molar-refractivity contribution in [2.75, 3.05) is 11.8 Å². The molecule has 1 N–H and O–H groups in total. The number of benzene rings is 3. The maximum Gasteiger partial charge on any atom is 0.265 e. The first-order valence-corrected chi connectivity index (χ1v) is 12.9. The zero-order valence-corrected chi connectivity index (χ0v) is 20.5. The number of hydrogen-bond donors (Lipinski definition) is 1. The van der Waals surface area contributed by atoms with Crippen LogP contribution >= 0.6 is 11.3 Å². The highest BCUT2D eigenvalue weighted by Gasteiger charge is 2.22. The van der Waals surface area contributed by atoms with Crippen molar-refractivity contribution in [3.63, 3.8) is 0 Å². The Morgan fingerprint density at radius 2 is 1.77 bits per heavy atom. The molecule has 0 aliphatic rings. The third-order valence-electron chi connectivity index (χ3n) is 5.58. The van der Waals surface area contributed by atoms with Crippen molar-refractivity contribution in [3.05, 3.63) is 90.4 Å². The van der Waals surface area contributed by atoms with Crippen LogP contribution in [0.1, 0.15) is 5.56 Å². The molecule has 0 spiro atoms. The van der Waals surface area contributed by atoms with Gasteiger partial charge in [-0.1, -0.05) is 53.8 Å². The molecule has 5 aromatic rings. The summed E-state index contributed by atoms with van der Waals surface area (Å²) in [6, 6.07) is 20.6. The van der Waals surface area contributed by atoms with E-state index in [-0.39, 0.29) is 10.6 Å². The Balaban J connectivity index is 1.51. The van der Waals surface area contributed by atoms with Crippen LogP contribution in [0.25, 0.3) is 32.0 Å². The van der Waals surface area contributed by atoms with Crippen LogP contribution in [-0.4, -0.2) is 25.5 Å². The molecule has 2 heterocycles. The summed E-state index contributed by atoms with van der Waals surface area (Å²) in [6.45, 7) is 1.81. The summed E-state index contributed by atoms with van der Waals surface area (Å²) in [7, 11) is -2.77. The van der Waals surface area contributed by atoms with Gasteiger partial charge in [-0.2, -0.15) is 0 Å². The molecule has 0 aliphatic heterocycles. The molecule has 0 radical (unpaired) electrons. The molecule has 176 valence electrons. The summed E-state index contributed by atoms with van der Waals surface area (Å²) in [5.74, 6) is -0.618. The molecule has 0 saturated heterocycles. The second-order valence-corrected chi connectivity index (χ2v) is 10.4. The van der Waals surface area contributed by atoms with Gasteiger partial charge in [-0.25, -0.2) is 22.8 Å². The third-order valence-corrected chi connectivity index (χ3v) is 7.98. The Labute approximate surface area is 206 Å². The van der Waals surface area contributed by atoms with E-state index in [1.54, 1.807) is 12.1 Å². The number of sulfonamides is 1. The van der Waals surface area contributed by atoms with E-state index in [0.29, 0.717) is 11.3 Å². The first kappa shape index (κ1) is 22.9. The number of nitrogens with one attached hydrogen (secondary N) is 1. The second-order valence-electron chi connectivity index (χ2n) is 7.81. The minimum Gasteiger partial charge on any atom is -0.495 e. The Morgan fingerprint density at radius 3 is 2.54 bits per heavy atom. The van der Waals surface area contributed by atoms with E-state index in [4.69, 9.17) is 9.72 Å². The zero-order valence-electron chi connectivity index (χ0n) is 18.8. The first-order chi connectivity index (χ1) is 16.9. The summed E-state index contributed by atoms with van der Waals surface area (Å²) in [5, 5.41) is 0.722. The van der Waals surface area contributed by atoms with E-state index >= 15 is 0 Å². The van der Waals surface area contributed by atoms with E-state index in [0.717, 1.165) is 44.2 Å². The third kappa shape index (κ3) is 4.48. The normalized spacial score (nSPS) is 11.5. The van der Waals surface area contributed by atoms with Crippen LogP contribution in [0.2, 0.25) is 0 Å². The highest BCUT2D eigenvalue weighted by Crippen LogP contribution is 2.36. The number of pyridine rings is 1. The van der Waals surface area contributed by atoms with Crippen molar-refractivity contribution in [2.24, 2.45) is 0 Å². The van der Waals surface area contributed by atoms with Gasteiger partial charge in [0.2, 0.25) is 0 Å². The van der Waals surface area contributed by atoms with E-state index in [1.165, 1.54) is 24.5 Å². The van der Waals surface area contributed by atoms with E-state index in [2.05, 4.69) is 9.71 Å². The van der Waals surface area contributed by atoms with E-state index in [1.807, 2.05) is 55.6 Å². The van der Waals surface area contributed by atoms with Crippen LogP contribution in [0.5, 0.6) is 5.75 Å². The molecule has 9 heteroatoms. The molecular formula is C26H20FN3O3S2. The fraction of sp³-hybridized carbons (Fsp3) is 0.0769. The van der Waals surface area contributed by atoms with Crippen LogP contribution in [0.15, 0.2) is 83.9 Å². The van der Waals surface area contributed by atoms with Gasteiger partial charge >= 0.3 is 0 Å². The number of nitrogens with zero attached hydrogens (tertiary/aromatic N) is 2. The maximum atomic E-state index is 13.8. The average molecular weight is 506 g/mol. The Kier molecular flexibility index (Phi) is 5.96. The second kappa shape index (κ2) is 9.09. The van der Waals surface area contributed by atoms with Crippen LogP contribution in [0.4, 0.5) is 10.1 Å². The van der Waals surface area contributed by atoms with Crippen LogP contribution in [0, 0.1) is 12.7 Å². The Morgan fingerprint density at radius 1 is 0.971 bits per heavy atom. The SMILES string of the molecule is COc1ccc(F)cc1S(=O)(=O)Nc1cccc(-c2nc3cc(-c4ccccc4)cnc3s2)c1C. The number of halogens is 1. The monoisotopic (exact) mass is 505 g/mol. The lowest BCUT2D eigenvalue weighted by Crippen LogP contribution is -2.15. The molecule has 0 atom stereocenters. The molecule has 0 unspecified atom stereocenters. The quantitative estimate of drug-likeness (QED) is 0.294. The minimum absolute atomic E-state index is 0.0548. The van der Waals surface area contributed by atoms with Gasteiger partial charge in [-0.05, 0) is 48.4 Å². The molecule has 35 heavy (non-hydrogen) atoms. The lowest BCUT2D eigenvalue weighted by atomic mass is 10.1. The molecule has 0 aliphatic carbocycles. The minimum atomic E-state index is -4.11. The predicted octanol–water partition coefficient (Wildman–Crippen LogP) is 6.28. The van der Waals surface area contributed by atoms with Crippen molar-refractivity contribution >= 4 is 37.4 Å². The summed E-state index contributed by atoms with van der Waals surface area (Å²) >= 11 is 1.43. The Hall–Kier alpha value is -3.82. The molecule has 2 aromatic heterocycles. The highest BCUT2D eigenvalue weighted by atomic mass is 32.2. The summed E-state index contributed by atoms with van der Waals surface area (Å²) < 4.78 is 47.6. The number of anilines is 1. The van der Waals surface area contributed by atoms with Gasteiger partial charge in [0.05, 0.1) is 12.8 Å². The van der Waals surface area contributed by atoms with Gasteiger partial charge < -0.3 is 4.74 Å². The predicted molar refractivity (Wildman–Crippen MR) is 137 cm³/mol. The maximum absolute atomic E-state index is 13.8. The average Bonchev–Trinajstić information content (AvgIpc) is 3.29. The fourth-order valence-electron chi connectivity index (χ4n) is 3.76. The van der Waals surface area contributed by atoms with Gasteiger partial charge in [0.1, 0.15) is 31.8 Å². The number of rotatable bonds is 6. The van der Waals surface area contributed by atoms with Gasteiger partial charge in [0, 0.05) is 17.3 Å². The van der Waals surface area contributed by atoms with Crippen molar-refractivity contribution in [1.29, 1.82) is 0 Å². The number of ether oxygens (including phenoxy) is 1. The molecule has 0 bridgehead atoms. The number of methoxy groups -OCH3 is 1. The first-order valence-electron chi connectivity index (χ1n) is 10.6. The topological polar surface area (TPSA) is 81.2 Å². The summed E-state index contributed by atoms with van der Waals surface area (Å²) in [4.78, 5) is 9.86. The smallest absolute Gasteiger partial charge is 0.265 e. The van der Waals surface area contributed by atoms with Crippen molar-refractivity contribution in [2.45, 2.75) is 11.8 Å². The lowest BCUT2D eigenvalue weighted by Gasteiger charge is -2.14. The van der Waals surface area contributed by atoms with Crippen LogP contribution < -0.4 is 9.46 Å². The summed E-state index contributed by atoms with van der Waals surface area (Å²) in [5.41, 5.74) is 4.62. The number of fused-ring (bicyclic) bond motifs is 1. The van der Waals surface area contributed by atoms with Crippen LogP contribution in [-0.2, 0) is 10.0 Å². The fourth-order valence-corrected chi connectivity index (χ4v) is 6.04. The number of hydrogen-bond acceptors (Lipinski definition) is 6. The molecule has 0 fully saturated rings. The van der Waals surface area contributed by atoms with Crippen molar-refractivity contribution in [3.8, 4) is 27.4 Å². The molecule has 3 aromatic carbocycles. The van der Waals surface area contributed by atoms with Gasteiger partial charge in [0.25, 0.3) is 10.0 Å². The number of aromatic nitrogens is 2. The molecule has 6 nitrogen and oxygen atoms in total. The standard InChI is InChI=1S/C26H20FN3O3S2/c1-16-20(25-29-22-13-18(15-28-26(22)34-25)17-7-4-3-5-8-17)9-6-10-21(16)30-35(31,32)24-14-19(27)11-12-23(24)33-2/h3-15,30H,1-2H3.